The van der Waals surface area contributed by atoms with Gasteiger partial charge in [-0.1, -0.05) is 12.8 Å². The summed E-state index contributed by atoms with van der Waals surface area (Å²) in [5.74, 6) is 0. The zero-order valence-corrected chi connectivity index (χ0v) is 6.25. The maximum atomic E-state index is 11.3. The summed E-state index contributed by atoms with van der Waals surface area (Å²) in [7, 11) is 0. The summed E-state index contributed by atoms with van der Waals surface area (Å²) in [6.07, 6.45) is 7.18. The Hall–Kier alpha value is -0.0800. The van der Waals surface area contributed by atoms with Crippen LogP contribution in [0.1, 0.15) is 38.5 Å². The second-order valence-corrected chi connectivity index (χ2v) is 3.53. The Morgan fingerprint density at radius 1 is 0.900 bits per heavy atom. The van der Waals surface area contributed by atoms with E-state index in [1.54, 1.807) is 0 Å². The van der Waals surface area contributed by atoms with Crippen LogP contribution in [0, 0.1) is 0 Å². The lowest BCUT2D eigenvalue weighted by molar-refractivity contribution is -0.243. The molecule has 2 nitrogen and oxygen atoms in total. The number of fused-ring (bicyclic) bond motifs is 2. The van der Waals surface area contributed by atoms with Crippen molar-refractivity contribution in [3.8, 4) is 0 Å². The SMILES string of the molecule is [O]N1C2CCCC1CCC2. The van der Waals surface area contributed by atoms with Crippen molar-refractivity contribution in [3.05, 3.63) is 0 Å². The molecule has 0 aromatic carbocycles. The molecule has 2 bridgehead atoms. The minimum atomic E-state index is 0.396. The van der Waals surface area contributed by atoms with Crippen LogP contribution in [0.2, 0.25) is 0 Å². The van der Waals surface area contributed by atoms with Crippen molar-refractivity contribution in [2.45, 2.75) is 50.6 Å². The van der Waals surface area contributed by atoms with Gasteiger partial charge in [0, 0.05) is 12.1 Å². The van der Waals surface area contributed by atoms with Crippen molar-refractivity contribution in [2.24, 2.45) is 0 Å². The molecule has 0 N–H and O–H groups in total. The van der Waals surface area contributed by atoms with Crippen LogP contribution in [0.25, 0.3) is 0 Å². The zero-order valence-electron chi connectivity index (χ0n) is 6.25. The van der Waals surface area contributed by atoms with E-state index in [1.807, 2.05) is 0 Å². The van der Waals surface area contributed by atoms with Gasteiger partial charge in [-0.25, -0.2) is 0 Å². The summed E-state index contributed by atoms with van der Waals surface area (Å²) in [6, 6.07) is 0.792. The standard InChI is InChI=1S/C8H14NO/c10-9-7-3-1-4-8(9)6-2-5-7/h7-8H,1-6H2. The monoisotopic (exact) mass is 140 g/mol. The highest BCUT2D eigenvalue weighted by molar-refractivity contribution is 4.83. The molecular formula is C8H14NO. The zero-order chi connectivity index (χ0) is 6.97. The van der Waals surface area contributed by atoms with Crippen LogP contribution in [0.15, 0.2) is 0 Å². The summed E-state index contributed by atoms with van der Waals surface area (Å²) < 4.78 is 0. The minimum Gasteiger partial charge on any atom is -0.149 e. The fourth-order valence-corrected chi connectivity index (χ4v) is 2.27. The van der Waals surface area contributed by atoms with Crippen LogP contribution in [-0.4, -0.2) is 17.1 Å². The second-order valence-electron chi connectivity index (χ2n) is 3.53. The van der Waals surface area contributed by atoms with Crippen LogP contribution in [0.5, 0.6) is 0 Å². The number of piperidine rings is 2. The van der Waals surface area contributed by atoms with Gasteiger partial charge in [-0.15, -0.1) is 10.3 Å². The van der Waals surface area contributed by atoms with Gasteiger partial charge in [-0.05, 0) is 25.7 Å². The molecule has 0 spiro atoms. The molecule has 2 fully saturated rings. The number of hydrogen-bond acceptors (Lipinski definition) is 1. The lowest BCUT2D eigenvalue weighted by Gasteiger charge is -2.39. The Kier molecular flexibility index (Phi) is 1.66. The van der Waals surface area contributed by atoms with Gasteiger partial charge >= 0.3 is 0 Å². The molecule has 57 valence electrons. The summed E-state index contributed by atoms with van der Waals surface area (Å²) >= 11 is 0. The van der Waals surface area contributed by atoms with E-state index in [0.29, 0.717) is 12.1 Å². The Morgan fingerprint density at radius 2 is 1.30 bits per heavy atom. The van der Waals surface area contributed by atoms with E-state index in [-0.39, 0.29) is 0 Å². The molecule has 2 aliphatic heterocycles. The Morgan fingerprint density at radius 3 is 1.60 bits per heavy atom. The topological polar surface area (TPSA) is 23.1 Å². The maximum Gasteiger partial charge on any atom is 0.0386 e. The van der Waals surface area contributed by atoms with Crippen LogP contribution in [0.4, 0.5) is 0 Å². The number of nitrogens with zero attached hydrogens (tertiary/aromatic N) is 1. The Bertz CT molecular complexity index is 104. The van der Waals surface area contributed by atoms with Crippen LogP contribution >= 0.6 is 0 Å². The van der Waals surface area contributed by atoms with Gasteiger partial charge in [-0.2, -0.15) is 0 Å². The number of hydrogen-bond donors (Lipinski definition) is 0. The number of hydroxylamine groups is 2. The van der Waals surface area contributed by atoms with Crippen molar-refractivity contribution in [1.29, 1.82) is 0 Å². The molecule has 0 aromatic rings. The average Bonchev–Trinajstić information content (AvgIpc) is 1.86. The Labute approximate surface area is 61.8 Å². The van der Waals surface area contributed by atoms with Gasteiger partial charge in [0.25, 0.3) is 0 Å². The fourth-order valence-electron chi connectivity index (χ4n) is 2.27. The molecule has 0 unspecified atom stereocenters. The van der Waals surface area contributed by atoms with E-state index in [0.717, 1.165) is 25.7 Å². The van der Waals surface area contributed by atoms with Crippen molar-refractivity contribution < 1.29 is 5.21 Å². The largest absolute Gasteiger partial charge is 0.149 e. The van der Waals surface area contributed by atoms with E-state index < -0.39 is 0 Å². The molecule has 2 rings (SSSR count). The highest BCUT2D eigenvalue weighted by Crippen LogP contribution is 2.32. The molecule has 2 aliphatic rings. The first-order valence-electron chi connectivity index (χ1n) is 4.33. The number of rotatable bonds is 0. The van der Waals surface area contributed by atoms with Crippen molar-refractivity contribution in [1.82, 2.24) is 5.06 Å². The van der Waals surface area contributed by atoms with Crippen molar-refractivity contribution in [3.63, 3.8) is 0 Å². The third-order valence-electron chi connectivity index (χ3n) is 2.87. The van der Waals surface area contributed by atoms with Gasteiger partial charge in [0.2, 0.25) is 0 Å². The molecule has 0 amide bonds. The van der Waals surface area contributed by atoms with Crippen LogP contribution < -0.4 is 0 Å². The lowest BCUT2D eigenvalue weighted by Crippen LogP contribution is -2.46. The first kappa shape index (κ1) is 6.62. The van der Waals surface area contributed by atoms with Gasteiger partial charge in [-0.3, -0.25) is 0 Å². The summed E-state index contributed by atoms with van der Waals surface area (Å²) in [5.41, 5.74) is 0. The van der Waals surface area contributed by atoms with Crippen molar-refractivity contribution >= 4 is 0 Å². The molecule has 10 heavy (non-hydrogen) atoms. The lowest BCUT2D eigenvalue weighted by atomic mass is 9.86. The van der Waals surface area contributed by atoms with E-state index in [4.69, 9.17) is 0 Å². The van der Waals surface area contributed by atoms with Crippen LogP contribution in [0.3, 0.4) is 0 Å². The van der Waals surface area contributed by atoms with Gasteiger partial charge < -0.3 is 0 Å². The van der Waals surface area contributed by atoms with E-state index in [1.165, 1.54) is 17.9 Å². The first-order valence-corrected chi connectivity index (χ1v) is 4.33. The van der Waals surface area contributed by atoms with Gasteiger partial charge in [0.15, 0.2) is 0 Å². The molecular weight excluding hydrogens is 126 g/mol. The quantitative estimate of drug-likeness (QED) is 0.502. The smallest absolute Gasteiger partial charge is 0.0386 e. The third-order valence-corrected chi connectivity index (χ3v) is 2.87. The predicted molar refractivity (Wildman–Crippen MR) is 37.8 cm³/mol. The molecule has 0 saturated carbocycles. The highest BCUT2D eigenvalue weighted by Gasteiger charge is 2.33. The molecule has 0 aliphatic carbocycles. The second kappa shape index (κ2) is 2.51. The van der Waals surface area contributed by atoms with E-state index >= 15 is 0 Å². The molecule has 2 saturated heterocycles. The Balaban J connectivity index is 2.05. The highest BCUT2D eigenvalue weighted by atomic mass is 16.5. The van der Waals surface area contributed by atoms with Crippen LogP contribution in [-0.2, 0) is 5.21 Å². The molecule has 1 radical (unpaired) electrons. The fraction of sp³-hybridized carbons (Fsp3) is 1.00. The third kappa shape index (κ3) is 0.956. The minimum absolute atomic E-state index is 0.396. The van der Waals surface area contributed by atoms with E-state index in [9.17, 15) is 5.21 Å². The van der Waals surface area contributed by atoms with E-state index in [2.05, 4.69) is 0 Å². The molecule has 2 heteroatoms. The summed E-state index contributed by atoms with van der Waals surface area (Å²) in [6.45, 7) is 0. The van der Waals surface area contributed by atoms with Crippen molar-refractivity contribution in [2.75, 3.05) is 0 Å². The average molecular weight is 140 g/mol. The summed E-state index contributed by atoms with van der Waals surface area (Å²) in [5, 5.41) is 12.7. The van der Waals surface area contributed by atoms with Gasteiger partial charge in [0.05, 0.1) is 0 Å². The summed E-state index contributed by atoms with van der Waals surface area (Å²) in [4.78, 5) is 0. The normalized spacial score (nSPS) is 41.7. The molecule has 0 atom stereocenters. The molecule has 0 aromatic heterocycles. The van der Waals surface area contributed by atoms with Gasteiger partial charge in [0.1, 0.15) is 0 Å². The first-order chi connectivity index (χ1) is 4.88. The predicted octanol–water partition coefficient (Wildman–Crippen LogP) is 1.74. The molecule has 2 heterocycles. The maximum absolute atomic E-state index is 11.3.